The van der Waals surface area contributed by atoms with Gasteiger partial charge in [0.15, 0.2) is 0 Å². The van der Waals surface area contributed by atoms with Crippen molar-refractivity contribution in [2.45, 2.75) is 77.2 Å². The molecule has 32 heavy (non-hydrogen) atoms. The number of piperidine rings is 1. The number of aryl methyl sites for hydroxylation is 1. The Labute approximate surface area is 192 Å². The van der Waals surface area contributed by atoms with E-state index >= 15 is 0 Å². The van der Waals surface area contributed by atoms with Gasteiger partial charge in [-0.15, -0.1) is 0 Å². The normalized spacial score (nSPS) is 31.5. The first-order valence-electron chi connectivity index (χ1n) is 12.8. The topological polar surface area (TPSA) is 58.6 Å². The van der Waals surface area contributed by atoms with Gasteiger partial charge in [-0.05, 0) is 94.1 Å². The lowest BCUT2D eigenvalue weighted by atomic mass is 9.49. The summed E-state index contributed by atoms with van der Waals surface area (Å²) in [7, 11) is 0. The molecule has 5 aliphatic rings. The number of nitrogens with zero attached hydrogens (tertiary/aromatic N) is 1. The summed E-state index contributed by atoms with van der Waals surface area (Å²) in [6.45, 7) is 4.17. The Hall–Kier alpha value is -2.04. The highest BCUT2D eigenvalue weighted by Crippen LogP contribution is 2.60. The summed E-state index contributed by atoms with van der Waals surface area (Å²) in [6, 6.07) is 8.16. The van der Waals surface area contributed by atoms with E-state index in [-0.39, 0.29) is 17.4 Å². The van der Waals surface area contributed by atoms with Crippen LogP contribution in [0.3, 0.4) is 0 Å². The van der Waals surface area contributed by atoms with Crippen LogP contribution < -0.4 is 10.1 Å². The van der Waals surface area contributed by atoms with Gasteiger partial charge in [-0.25, -0.2) is 0 Å². The predicted molar refractivity (Wildman–Crippen MR) is 124 cm³/mol. The molecule has 1 aromatic carbocycles. The van der Waals surface area contributed by atoms with Crippen LogP contribution in [0.15, 0.2) is 24.3 Å². The fourth-order valence-electron chi connectivity index (χ4n) is 7.37. The molecular weight excluding hydrogens is 400 g/mol. The first-order chi connectivity index (χ1) is 15.5. The summed E-state index contributed by atoms with van der Waals surface area (Å²) in [5, 5.41) is 3.19. The molecule has 5 fully saturated rings. The van der Waals surface area contributed by atoms with E-state index in [4.69, 9.17) is 4.74 Å². The van der Waals surface area contributed by atoms with Crippen LogP contribution in [0.5, 0.6) is 5.75 Å². The number of rotatable bonds is 7. The molecule has 174 valence electrons. The fraction of sp³-hybridized carbons (Fsp3) is 0.704. The Morgan fingerprint density at radius 2 is 1.66 bits per heavy atom. The third kappa shape index (κ3) is 4.53. The second kappa shape index (κ2) is 9.07. The number of hydrogen-bond donors (Lipinski definition) is 1. The van der Waals surface area contributed by atoms with Crippen molar-refractivity contribution in [3.8, 4) is 5.75 Å². The van der Waals surface area contributed by atoms with E-state index in [1.807, 2.05) is 31.2 Å². The van der Waals surface area contributed by atoms with E-state index in [0.717, 1.165) is 74.3 Å². The van der Waals surface area contributed by atoms with Crippen molar-refractivity contribution in [2.75, 3.05) is 19.7 Å². The van der Waals surface area contributed by atoms with Crippen LogP contribution >= 0.6 is 0 Å². The summed E-state index contributed by atoms with van der Waals surface area (Å²) >= 11 is 0. The number of benzene rings is 1. The quantitative estimate of drug-likeness (QED) is 0.639. The summed E-state index contributed by atoms with van der Waals surface area (Å²) < 4.78 is 5.79. The van der Waals surface area contributed by atoms with Gasteiger partial charge in [0.05, 0.1) is 12.0 Å². The Morgan fingerprint density at radius 1 is 1.03 bits per heavy atom. The van der Waals surface area contributed by atoms with Crippen molar-refractivity contribution in [1.82, 2.24) is 10.2 Å². The lowest BCUT2D eigenvalue weighted by molar-refractivity contribution is -0.158. The zero-order chi connectivity index (χ0) is 22.1. The third-order valence-electron chi connectivity index (χ3n) is 8.54. The summed E-state index contributed by atoms with van der Waals surface area (Å²) in [5.41, 5.74) is 1.08. The standard InChI is InChI=1S/C27H38N2O3/c1-19-5-2-3-6-24(19)32-12-4-7-25(30)28-23-8-10-29(11-9-23)26(31)27-16-20-13-21(17-27)15-22(14-20)18-27/h2-3,5-6,20-23H,4,7-18H2,1H3,(H,28,30). The Balaban J connectivity index is 1.03. The molecule has 0 unspecified atom stereocenters. The van der Waals surface area contributed by atoms with Crippen LogP contribution in [0, 0.1) is 30.1 Å². The van der Waals surface area contributed by atoms with Gasteiger partial charge in [-0.2, -0.15) is 0 Å². The smallest absolute Gasteiger partial charge is 0.228 e. The summed E-state index contributed by atoms with van der Waals surface area (Å²) in [5.74, 6) is 3.84. The van der Waals surface area contributed by atoms with Crippen LogP contribution in [-0.2, 0) is 9.59 Å². The van der Waals surface area contributed by atoms with E-state index in [9.17, 15) is 9.59 Å². The number of ether oxygens (including phenoxy) is 1. The predicted octanol–water partition coefficient (Wildman–Crippen LogP) is 4.48. The molecule has 1 aromatic rings. The number of likely N-dealkylation sites (tertiary alicyclic amines) is 1. The molecule has 1 saturated heterocycles. The number of carbonyl (C=O) groups is 2. The zero-order valence-corrected chi connectivity index (χ0v) is 19.5. The highest BCUT2D eigenvalue weighted by molar-refractivity contribution is 5.83. The minimum atomic E-state index is -0.0397. The van der Waals surface area contributed by atoms with Crippen LogP contribution in [0.2, 0.25) is 0 Å². The molecule has 5 nitrogen and oxygen atoms in total. The van der Waals surface area contributed by atoms with Gasteiger partial charge in [0, 0.05) is 25.6 Å². The SMILES string of the molecule is Cc1ccccc1OCCCC(=O)NC1CCN(C(=O)C23CC4CC(CC(C4)C2)C3)CC1. The molecule has 6 rings (SSSR count). The number of nitrogens with one attached hydrogen (secondary N) is 1. The van der Waals surface area contributed by atoms with Gasteiger partial charge < -0.3 is 15.0 Å². The average molecular weight is 439 g/mol. The van der Waals surface area contributed by atoms with Gasteiger partial charge in [-0.1, -0.05) is 18.2 Å². The van der Waals surface area contributed by atoms with Crippen molar-refractivity contribution in [2.24, 2.45) is 23.2 Å². The third-order valence-corrected chi connectivity index (χ3v) is 8.54. The first-order valence-corrected chi connectivity index (χ1v) is 12.8. The number of hydrogen-bond acceptors (Lipinski definition) is 3. The first kappa shape index (κ1) is 21.8. The number of para-hydroxylation sites is 1. The molecule has 4 saturated carbocycles. The Bertz CT molecular complexity index is 808. The lowest BCUT2D eigenvalue weighted by Crippen LogP contribution is -2.56. The highest BCUT2D eigenvalue weighted by atomic mass is 16.5. The molecule has 1 aliphatic heterocycles. The monoisotopic (exact) mass is 438 g/mol. The second-order valence-corrected chi connectivity index (χ2v) is 11.0. The Kier molecular flexibility index (Phi) is 6.18. The molecule has 1 N–H and O–H groups in total. The second-order valence-electron chi connectivity index (χ2n) is 11.0. The van der Waals surface area contributed by atoms with Gasteiger partial charge in [0.25, 0.3) is 0 Å². The van der Waals surface area contributed by atoms with E-state index in [0.29, 0.717) is 25.4 Å². The van der Waals surface area contributed by atoms with Gasteiger partial charge in [0.2, 0.25) is 11.8 Å². The zero-order valence-electron chi connectivity index (χ0n) is 19.5. The summed E-state index contributed by atoms with van der Waals surface area (Å²) in [4.78, 5) is 28.0. The van der Waals surface area contributed by atoms with Crippen molar-refractivity contribution in [1.29, 1.82) is 0 Å². The molecule has 0 radical (unpaired) electrons. The molecule has 0 aromatic heterocycles. The number of amides is 2. The Morgan fingerprint density at radius 3 is 2.28 bits per heavy atom. The lowest BCUT2D eigenvalue weighted by Gasteiger charge is -2.57. The maximum atomic E-state index is 13.5. The minimum Gasteiger partial charge on any atom is -0.493 e. The maximum absolute atomic E-state index is 13.5. The number of carbonyl (C=O) groups excluding carboxylic acids is 2. The van der Waals surface area contributed by atoms with E-state index in [2.05, 4.69) is 10.2 Å². The van der Waals surface area contributed by atoms with Crippen molar-refractivity contribution in [3.05, 3.63) is 29.8 Å². The largest absolute Gasteiger partial charge is 0.493 e. The van der Waals surface area contributed by atoms with Crippen molar-refractivity contribution < 1.29 is 14.3 Å². The fourth-order valence-corrected chi connectivity index (χ4v) is 7.37. The van der Waals surface area contributed by atoms with Crippen molar-refractivity contribution in [3.63, 3.8) is 0 Å². The van der Waals surface area contributed by atoms with E-state index in [1.54, 1.807) is 0 Å². The van der Waals surface area contributed by atoms with Gasteiger partial charge in [0.1, 0.15) is 5.75 Å². The summed E-state index contributed by atoms with van der Waals surface area (Å²) in [6.07, 6.45) is 10.5. The van der Waals surface area contributed by atoms with E-state index < -0.39 is 0 Å². The van der Waals surface area contributed by atoms with Crippen LogP contribution in [-0.4, -0.2) is 42.5 Å². The van der Waals surface area contributed by atoms with Crippen LogP contribution in [0.4, 0.5) is 0 Å². The maximum Gasteiger partial charge on any atom is 0.228 e. The van der Waals surface area contributed by atoms with Crippen LogP contribution in [0.1, 0.15) is 69.8 Å². The molecular formula is C27H38N2O3. The molecule has 4 bridgehead atoms. The molecule has 5 heteroatoms. The van der Waals surface area contributed by atoms with Gasteiger partial charge >= 0.3 is 0 Å². The molecule has 2 amide bonds. The van der Waals surface area contributed by atoms with E-state index in [1.165, 1.54) is 19.3 Å². The molecule has 0 spiro atoms. The van der Waals surface area contributed by atoms with Gasteiger partial charge in [-0.3, -0.25) is 9.59 Å². The minimum absolute atomic E-state index is 0.0397. The molecule has 0 atom stereocenters. The molecule has 4 aliphatic carbocycles. The van der Waals surface area contributed by atoms with Crippen molar-refractivity contribution >= 4 is 11.8 Å². The highest BCUT2D eigenvalue weighted by Gasteiger charge is 2.55. The average Bonchev–Trinajstić information content (AvgIpc) is 2.77. The molecule has 1 heterocycles. The van der Waals surface area contributed by atoms with Crippen LogP contribution in [0.25, 0.3) is 0 Å².